The third-order valence-electron chi connectivity index (χ3n) is 24.5. The Morgan fingerprint density at radius 2 is 0.441 bits per heavy atom. The summed E-state index contributed by atoms with van der Waals surface area (Å²) in [5, 5.41) is 0. The van der Waals surface area contributed by atoms with Crippen molar-refractivity contribution < 1.29 is 0 Å². The normalized spacial score (nSPS) is 14.0. The van der Waals surface area contributed by atoms with Gasteiger partial charge in [0.05, 0.1) is 33.6 Å². The zero-order chi connectivity index (χ0) is 77.8. The topological polar surface area (TPSA) is 51.6 Å². The molecule has 17 aromatic carbocycles. The van der Waals surface area contributed by atoms with E-state index in [1.54, 1.807) is 0 Å². The number of aromatic nitrogens is 4. The molecule has 23 rings (SSSR count). The molecule has 550 valence electrons. The van der Waals surface area contributed by atoms with E-state index in [1.165, 1.54) is 97.5 Å². The second kappa shape index (κ2) is 28.3. The first-order valence-corrected chi connectivity index (χ1v) is 41.9. The molecule has 0 radical (unpaired) electrons. The Bertz CT molecular complexity index is 7080. The maximum atomic E-state index is 5.52. The largest absolute Gasteiger partial charge is 0.228 e. The van der Waals surface area contributed by atoms with E-state index < -0.39 is 10.8 Å². The van der Waals surface area contributed by atoms with Crippen LogP contribution in [0.25, 0.3) is 157 Å². The van der Waals surface area contributed by atoms with Crippen molar-refractivity contribution in [3.05, 3.63) is 469 Å². The van der Waals surface area contributed by atoms with Crippen molar-refractivity contribution >= 4 is 23.5 Å². The molecular weight excluding hydrogens is 1470 g/mol. The summed E-state index contributed by atoms with van der Waals surface area (Å²) in [5.74, 6) is 1.34. The number of nitrogens with zero attached hydrogens (tertiary/aromatic N) is 4. The van der Waals surface area contributed by atoms with Crippen molar-refractivity contribution in [1.29, 1.82) is 0 Å². The average Bonchev–Trinajstić information content (AvgIpc) is 1.50. The zero-order valence-electron chi connectivity index (χ0n) is 64.0. The molecule has 1 unspecified atom stereocenters. The molecule has 4 heterocycles. The fourth-order valence-corrected chi connectivity index (χ4v) is 21.6. The molecule has 1 atom stereocenters. The van der Waals surface area contributed by atoms with Gasteiger partial charge in [0.25, 0.3) is 0 Å². The summed E-state index contributed by atoms with van der Waals surface area (Å²) in [6.45, 7) is 0. The Morgan fingerprint density at radius 3 is 0.932 bits per heavy atom. The lowest BCUT2D eigenvalue weighted by Crippen LogP contribution is -2.32. The fraction of sp³-hybridized carbons (Fsp3) is 0.0179. The molecule has 0 fully saturated rings. The second-order valence-corrected chi connectivity index (χ2v) is 33.1. The van der Waals surface area contributed by atoms with Gasteiger partial charge in [0.2, 0.25) is 0 Å². The molecule has 0 N–H and O–H groups in total. The Morgan fingerprint density at radius 1 is 0.153 bits per heavy atom. The average molecular weight is 1540 g/mol. The minimum absolute atomic E-state index is 0.502. The van der Waals surface area contributed by atoms with Crippen LogP contribution in [-0.4, -0.2) is 19.9 Å². The molecule has 4 aliphatic rings. The van der Waals surface area contributed by atoms with Gasteiger partial charge in [-0.1, -0.05) is 394 Å². The Kier molecular flexibility index (Phi) is 16.6. The molecular formula is C112H70N4S2. The van der Waals surface area contributed by atoms with Crippen LogP contribution in [0.5, 0.6) is 0 Å². The van der Waals surface area contributed by atoms with Gasteiger partial charge in [0.15, 0.2) is 11.6 Å². The number of hydrogen-bond acceptors (Lipinski definition) is 6. The Labute approximate surface area is 694 Å². The smallest absolute Gasteiger partial charge is 0.160 e. The third kappa shape index (κ3) is 11.2. The molecule has 19 aromatic rings. The van der Waals surface area contributed by atoms with Gasteiger partial charge in [-0.15, -0.1) is 0 Å². The lowest BCUT2D eigenvalue weighted by atomic mass is 9.67. The van der Waals surface area contributed by atoms with E-state index in [9.17, 15) is 0 Å². The summed E-state index contributed by atoms with van der Waals surface area (Å²) in [5.41, 5.74) is 37.3. The van der Waals surface area contributed by atoms with Crippen LogP contribution in [0.15, 0.2) is 444 Å². The molecule has 2 spiro atoms. The standard InChI is InChI=1S/C112H70N4S2/c1-4-26-71(27-5-1)73-50-56-76(57-51-73)101-70-103(116-110(114-101)79-60-54-74(55-61-79)72-28-6-2-7-29-72)90-39-13-11-35-85(90)83-63-65-107-99(68-83)112(96-46-21-23-49-105(96)118-107)94-44-19-16-40-91(94)108-86(41-25-47-97(108)112)81-33-24-32-80(66-81)75-52-58-77(59-53-75)100-69-102(115-109(113-100)78-30-8-3-9-31-78)89-38-12-10-34-84(89)82-62-64-106-98(67-82)111(95-45-20-22-48-104(95)117-106)92-42-17-14-36-87(92)88-37-15-18-43-93(88)111/h1-70H. The number of fused-ring (bicyclic) bond motifs is 18. The molecule has 0 amide bonds. The van der Waals surface area contributed by atoms with Crippen LogP contribution in [0.2, 0.25) is 0 Å². The van der Waals surface area contributed by atoms with E-state index in [-0.39, 0.29) is 0 Å². The SMILES string of the molecule is c1ccc(-c2ccc(-c3cc(-c4ccccc4-c4ccc5c(c4)C4(c6ccccc6S5)c5ccccc5-c5c(-c6cccc(-c7ccc(-c8cc(-c9ccccc9-c9ccc%10c(c9)C9(c%11ccccc%11S%10)c%10ccccc%10-c%10ccccc%109)nc(-c9ccccc9)n8)cc7)c6)cccc54)nc(-c4ccc(-c5ccccc5)cc4)n3)cc2)cc1. The van der Waals surface area contributed by atoms with E-state index in [0.717, 1.165) is 112 Å². The summed E-state index contributed by atoms with van der Waals surface area (Å²) < 4.78 is 0. The van der Waals surface area contributed by atoms with Crippen LogP contribution in [-0.2, 0) is 10.8 Å². The van der Waals surface area contributed by atoms with Crippen LogP contribution in [0.4, 0.5) is 0 Å². The molecule has 0 saturated heterocycles. The minimum atomic E-state index is -0.665. The second-order valence-electron chi connectivity index (χ2n) is 30.9. The van der Waals surface area contributed by atoms with Crippen molar-refractivity contribution in [2.24, 2.45) is 0 Å². The summed E-state index contributed by atoms with van der Waals surface area (Å²) in [6.07, 6.45) is 0. The molecule has 2 aliphatic heterocycles. The van der Waals surface area contributed by atoms with E-state index >= 15 is 0 Å². The van der Waals surface area contributed by atoms with Crippen LogP contribution in [0.1, 0.15) is 44.5 Å². The maximum absolute atomic E-state index is 5.52. The molecule has 0 saturated carbocycles. The first kappa shape index (κ1) is 69.1. The van der Waals surface area contributed by atoms with Crippen molar-refractivity contribution in [2.75, 3.05) is 0 Å². The van der Waals surface area contributed by atoms with Crippen molar-refractivity contribution in [1.82, 2.24) is 19.9 Å². The van der Waals surface area contributed by atoms with Gasteiger partial charge in [-0.2, -0.15) is 0 Å². The molecule has 2 aromatic heterocycles. The summed E-state index contributed by atoms with van der Waals surface area (Å²) in [4.78, 5) is 26.8. The van der Waals surface area contributed by atoms with Crippen LogP contribution < -0.4 is 0 Å². The minimum Gasteiger partial charge on any atom is -0.228 e. The number of hydrogen-bond donors (Lipinski definition) is 0. The monoisotopic (exact) mass is 1530 g/mol. The van der Waals surface area contributed by atoms with E-state index in [0.29, 0.717) is 11.6 Å². The highest BCUT2D eigenvalue weighted by molar-refractivity contribution is 7.99. The van der Waals surface area contributed by atoms with E-state index in [4.69, 9.17) is 19.9 Å². The number of rotatable bonds is 12. The van der Waals surface area contributed by atoms with Gasteiger partial charge in [-0.25, -0.2) is 19.9 Å². The molecule has 6 heteroatoms. The van der Waals surface area contributed by atoms with Gasteiger partial charge in [-0.3, -0.25) is 0 Å². The van der Waals surface area contributed by atoms with E-state index in [1.807, 2.05) is 23.5 Å². The highest BCUT2D eigenvalue weighted by Gasteiger charge is 2.52. The van der Waals surface area contributed by atoms with Crippen molar-refractivity contribution in [3.63, 3.8) is 0 Å². The predicted octanol–water partition coefficient (Wildman–Crippen LogP) is 28.9. The van der Waals surface area contributed by atoms with Crippen LogP contribution in [0.3, 0.4) is 0 Å². The molecule has 0 bridgehead atoms. The number of benzene rings is 17. The Balaban J connectivity index is 0.607. The highest BCUT2D eigenvalue weighted by atomic mass is 32.2. The first-order valence-electron chi connectivity index (χ1n) is 40.3. The summed E-state index contributed by atoms with van der Waals surface area (Å²) >= 11 is 3.74. The molecule has 4 nitrogen and oxygen atoms in total. The van der Waals surface area contributed by atoms with Gasteiger partial charge in [0.1, 0.15) is 0 Å². The molecule has 118 heavy (non-hydrogen) atoms. The first-order chi connectivity index (χ1) is 58.5. The fourth-order valence-electron chi connectivity index (χ4n) is 19.2. The van der Waals surface area contributed by atoms with Gasteiger partial charge < -0.3 is 0 Å². The Hall–Kier alpha value is -14.4. The lowest BCUT2D eigenvalue weighted by Gasteiger charge is -2.40. The summed E-state index contributed by atoms with van der Waals surface area (Å²) in [7, 11) is 0. The highest BCUT2D eigenvalue weighted by Crippen LogP contribution is 2.66. The quantitative estimate of drug-likeness (QED) is 0.121. The van der Waals surface area contributed by atoms with Gasteiger partial charge in [-0.05, 0) is 188 Å². The molecule has 2 aliphatic carbocycles. The third-order valence-corrected chi connectivity index (χ3v) is 26.9. The van der Waals surface area contributed by atoms with Crippen LogP contribution >= 0.6 is 23.5 Å². The predicted molar refractivity (Wildman–Crippen MR) is 486 cm³/mol. The summed E-state index contributed by atoms with van der Waals surface area (Å²) in [6, 6.07) is 156. The van der Waals surface area contributed by atoms with Crippen molar-refractivity contribution in [3.8, 4) is 157 Å². The van der Waals surface area contributed by atoms with Crippen molar-refractivity contribution in [2.45, 2.75) is 30.4 Å². The zero-order valence-corrected chi connectivity index (χ0v) is 65.7. The maximum Gasteiger partial charge on any atom is 0.160 e. The lowest BCUT2D eigenvalue weighted by molar-refractivity contribution is 0.723. The van der Waals surface area contributed by atoms with Crippen LogP contribution in [0, 0.1) is 0 Å². The van der Waals surface area contributed by atoms with E-state index in [2.05, 4.69) is 425 Å². The van der Waals surface area contributed by atoms with Gasteiger partial charge >= 0.3 is 0 Å². The van der Waals surface area contributed by atoms with Gasteiger partial charge in [0, 0.05) is 53.0 Å².